The fourth-order valence-corrected chi connectivity index (χ4v) is 1.45. The lowest BCUT2D eigenvalue weighted by Gasteiger charge is -2.08. The SMILES string of the molecule is Fc1ccc(Nc2cc(F)ccc2Cl)cc1. The summed E-state index contributed by atoms with van der Waals surface area (Å²) in [5.74, 6) is -0.704. The highest BCUT2D eigenvalue weighted by Crippen LogP contribution is 2.26. The molecular weight excluding hydrogens is 232 g/mol. The predicted molar refractivity (Wildman–Crippen MR) is 61.1 cm³/mol. The summed E-state index contributed by atoms with van der Waals surface area (Å²) < 4.78 is 25.6. The third-order valence-corrected chi connectivity index (χ3v) is 2.38. The first-order valence-electron chi connectivity index (χ1n) is 4.63. The van der Waals surface area contributed by atoms with Crippen LogP contribution in [0.3, 0.4) is 0 Å². The average molecular weight is 240 g/mol. The van der Waals surface area contributed by atoms with Crippen molar-refractivity contribution in [3.8, 4) is 0 Å². The molecule has 0 aromatic heterocycles. The lowest BCUT2D eigenvalue weighted by Crippen LogP contribution is -1.92. The van der Waals surface area contributed by atoms with Crippen LogP contribution >= 0.6 is 11.6 Å². The molecule has 16 heavy (non-hydrogen) atoms. The van der Waals surface area contributed by atoms with Crippen molar-refractivity contribution in [1.82, 2.24) is 0 Å². The van der Waals surface area contributed by atoms with Crippen LogP contribution in [0.15, 0.2) is 42.5 Å². The number of rotatable bonds is 2. The van der Waals surface area contributed by atoms with Crippen molar-refractivity contribution < 1.29 is 8.78 Å². The number of benzene rings is 2. The molecule has 4 heteroatoms. The zero-order chi connectivity index (χ0) is 11.5. The van der Waals surface area contributed by atoms with E-state index >= 15 is 0 Å². The minimum atomic E-state index is -0.381. The Kier molecular flexibility index (Phi) is 3.06. The van der Waals surface area contributed by atoms with E-state index in [9.17, 15) is 8.78 Å². The summed E-state index contributed by atoms with van der Waals surface area (Å²) >= 11 is 5.87. The van der Waals surface area contributed by atoms with E-state index in [1.165, 1.54) is 30.3 Å². The van der Waals surface area contributed by atoms with Crippen LogP contribution in [0, 0.1) is 11.6 Å². The van der Waals surface area contributed by atoms with Crippen LogP contribution in [0.25, 0.3) is 0 Å². The van der Waals surface area contributed by atoms with Crippen molar-refractivity contribution in [2.24, 2.45) is 0 Å². The molecule has 2 aromatic rings. The number of hydrogen-bond acceptors (Lipinski definition) is 1. The Morgan fingerprint density at radius 3 is 2.19 bits per heavy atom. The minimum Gasteiger partial charge on any atom is -0.354 e. The van der Waals surface area contributed by atoms with Gasteiger partial charge in [-0.25, -0.2) is 8.78 Å². The van der Waals surface area contributed by atoms with Gasteiger partial charge in [-0.2, -0.15) is 0 Å². The molecule has 1 N–H and O–H groups in total. The summed E-state index contributed by atoms with van der Waals surface area (Å²) in [6, 6.07) is 9.75. The topological polar surface area (TPSA) is 12.0 Å². The van der Waals surface area contributed by atoms with Crippen molar-refractivity contribution in [3.63, 3.8) is 0 Å². The molecule has 0 atom stereocenters. The molecule has 2 rings (SSSR count). The molecular formula is C12H8ClF2N. The van der Waals surface area contributed by atoms with E-state index in [4.69, 9.17) is 11.6 Å². The molecule has 0 saturated heterocycles. The van der Waals surface area contributed by atoms with Gasteiger partial charge in [-0.3, -0.25) is 0 Å². The van der Waals surface area contributed by atoms with Crippen LogP contribution in [0.1, 0.15) is 0 Å². The fourth-order valence-electron chi connectivity index (χ4n) is 1.28. The molecule has 0 saturated carbocycles. The highest BCUT2D eigenvalue weighted by atomic mass is 35.5. The normalized spacial score (nSPS) is 10.2. The van der Waals surface area contributed by atoms with Crippen LogP contribution < -0.4 is 5.32 Å². The van der Waals surface area contributed by atoms with E-state index in [0.717, 1.165) is 0 Å². The third-order valence-electron chi connectivity index (χ3n) is 2.05. The second-order valence-electron chi connectivity index (χ2n) is 3.26. The Labute approximate surface area is 96.7 Å². The molecule has 1 nitrogen and oxygen atoms in total. The summed E-state index contributed by atoms with van der Waals surface area (Å²) in [5.41, 5.74) is 1.10. The van der Waals surface area contributed by atoms with Gasteiger partial charge in [0.1, 0.15) is 11.6 Å². The van der Waals surface area contributed by atoms with E-state index in [0.29, 0.717) is 16.4 Å². The van der Waals surface area contributed by atoms with Crippen LogP contribution in [-0.2, 0) is 0 Å². The second kappa shape index (κ2) is 4.49. The van der Waals surface area contributed by atoms with Gasteiger partial charge in [-0.15, -0.1) is 0 Å². The fraction of sp³-hybridized carbons (Fsp3) is 0. The Morgan fingerprint density at radius 2 is 1.50 bits per heavy atom. The highest BCUT2D eigenvalue weighted by Gasteiger charge is 2.02. The van der Waals surface area contributed by atoms with Crippen molar-refractivity contribution in [3.05, 3.63) is 59.1 Å². The zero-order valence-electron chi connectivity index (χ0n) is 8.18. The molecule has 0 spiro atoms. The maximum atomic E-state index is 13.0. The third kappa shape index (κ3) is 2.49. The summed E-state index contributed by atoms with van der Waals surface area (Å²) in [6.45, 7) is 0. The Bertz CT molecular complexity index is 497. The lowest BCUT2D eigenvalue weighted by atomic mass is 10.2. The lowest BCUT2D eigenvalue weighted by molar-refractivity contribution is 0.627. The van der Waals surface area contributed by atoms with Crippen molar-refractivity contribution in [2.75, 3.05) is 5.32 Å². The molecule has 0 aliphatic rings. The molecule has 2 aromatic carbocycles. The molecule has 0 amide bonds. The number of hydrogen-bond donors (Lipinski definition) is 1. The van der Waals surface area contributed by atoms with Gasteiger partial charge < -0.3 is 5.32 Å². The minimum absolute atomic E-state index is 0.323. The van der Waals surface area contributed by atoms with Gasteiger partial charge in [-0.1, -0.05) is 11.6 Å². The van der Waals surface area contributed by atoms with E-state index in [1.54, 1.807) is 12.1 Å². The Morgan fingerprint density at radius 1 is 0.875 bits per heavy atom. The molecule has 0 bridgehead atoms. The van der Waals surface area contributed by atoms with Crippen LogP contribution in [0.2, 0.25) is 5.02 Å². The van der Waals surface area contributed by atoms with E-state index in [1.807, 2.05) is 0 Å². The van der Waals surface area contributed by atoms with Gasteiger partial charge in [-0.05, 0) is 42.5 Å². The largest absolute Gasteiger partial charge is 0.354 e. The van der Waals surface area contributed by atoms with Gasteiger partial charge in [0.25, 0.3) is 0 Å². The van der Waals surface area contributed by atoms with Crippen LogP contribution in [0.4, 0.5) is 20.2 Å². The van der Waals surface area contributed by atoms with E-state index < -0.39 is 0 Å². The maximum absolute atomic E-state index is 13.0. The molecule has 82 valence electrons. The Hall–Kier alpha value is -1.61. The predicted octanol–water partition coefficient (Wildman–Crippen LogP) is 4.36. The number of halogens is 3. The molecule has 0 aliphatic heterocycles. The zero-order valence-corrected chi connectivity index (χ0v) is 8.93. The highest BCUT2D eigenvalue weighted by molar-refractivity contribution is 6.33. The standard InChI is InChI=1S/C12H8ClF2N/c13-11-6-3-9(15)7-12(11)16-10-4-1-8(14)2-5-10/h1-7,16H. The summed E-state index contributed by atoms with van der Waals surface area (Å²) in [7, 11) is 0. The summed E-state index contributed by atoms with van der Waals surface area (Å²) in [5, 5.41) is 3.31. The molecule has 0 unspecified atom stereocenters. The maximum Gasteiger partial charge on any atom is 0.125 e. The Balaban J connectivity index is 2.26. The smallest absolute Gasteiger partial charge is 0.125 e. The molecule has 0 heterocycles. The second-order valence-corrected chi connectivity index (χ2v) is 3.66. The molecule has 0 radical (unpaired) electrons. The quantitative estimate of drug-likeness (QED) is 0.821. The van der Waals surface area contributed by atoms with Gasteiger partial charge in [0.2, 0.25) is 0 Å². The first-order valence-corrected chi connectivity index (χ1v) is 5.00. The van der Waals surface area contributed by atoms with Crippen LogP contribution in [0.5, 0.6) is 0 Å². The molecule has 0 aliphatic carbocycles. The van der Waals surface area contributed by atoms with Gasteiger partial charge in [0.15, 0.2) is 0 Å². The first kappa shape index (κ1) is 10.9. The molecule has 0 fully saturated rings. The first-order chi connectivity index (χ1) is 7.65. The van der Waals surface area contributed by atoms with Crippen molar-refractivity contribution in [1.29, 1.82) is 0 Å². The summed E-state index contributed by atoms with van der Waals surface area (Å²) in [4.78, 5) is 0. The van der Waals surface area contributed by atoms with Gasteiger partial charge in [0.05, 0.1) is 10.7 Å². The number of anilines is 2. The van der Waals surface area contributed by atoms with Crippen LogP contribution in [-0.4, -0.2) is 0 Å². The van der Waals surface area contributed by atoms with E-state index in [2.05, 4.69) is 5.32 Å². The number of nitrogens with one attached hydrogen (secondary N) is 1. The summed E-state index contributed by atoms with van der Waals surface area (Å²) in [6.07, 6.45) is 0. The monoisotopic (exact) mass is 239 g/mol. The van der Waals surface area contributed by atoms with E-state index in [-0.39, 0.29) is 11.6 Å². The van der Waals surface area contributed by atoms with Gasteiger partial charge >= 0.3 is 0 Å². The van der Waals surface area contributed by atoms with Crippen molar-refractivity contribution >= 4 is 23.0 Å². The van der Waals surface area contributed by atoms with Gasteiger partial charge in [0, 0.05) is 5.69 Å². The average Bonchev–Trinajstić information content (AvgIpc) is 2.27. The van der Waals surface area contributed by atoms with Crippen molar-refractivity contribution in [2.45, 2.75) is 0 Å².